The molecule has 0 aliphatic carbocycles. The Labute approximate surface area is 165 Å². The van der Waals surface area contributed by atoms with Gasteiger partial charge < -0.3 is 20.4 Å². The second kappa shape index (κ2) is 12.1. The number of nitrogens with zero attached hydrogens (tertiary/aromatic N) is 1. The van der Waals surface area contributed by atoms with Crippen LogP contribution in [0.3, 0.4) is 0 Å². The Morgan fingerprint density at radius 2 is 2.00 bits per heavy atom. The van der Waals surface area contributed by atoms with E-state index >= 15 is 0 Å². The van der Waals surface area contributed by atoms with E-state index in [-0.39, 0.29) is 29.8 Å². The standard InChI is InChI=1S/C18H27FN4O.HI/c1-20-18(21-9-4-3-5-11-24-2)22-10-8-14-13-23-17-7-6-15(19)12-16(14)17;/h6-7,12-13,23H,3-5,8-11H2,1-2H3,(H2,20,21,22);1H. The summed E-state index contributed by atoms with van der Waals surface area (Å²) in [5.74, 6) is 0.593. The van der Waals surface area contributed by atoms with Gasteiger partial charge in [-0.05, 0) is 49.4 Å². The lowest BCUT2D eigenvalue weighted by Crippen LogP contribution is -2.38. The van der Waals surface area contributed by atoms with Gasteiger partial charge in [0.2, 0.25) is 0 Å². The van der Waals surface area contributed by atoms with E-state index in [1.807, 2.05) is 6.20 Å². The van der Waals surface area contributed by atoms with E-state index in [1.54, 1.807) is 26.3 Å². The second-order valence-corrected chi connectivity index (χ2v) is 5.73. The number of methoxy groups -OCH3 is 1. The third-order valence-electron chi connectivity index (χ3n) is 3.96. The van der Waals surface area contributed by atoms with E-state index in [9.17, 15) is 4.39 Å². The largest absolute Gasteiger partial charge is 0.385 e. The number of ether oxygens (including phenoxy) is 1. The molecular weight excluding hydrogens is 434 g/mol. The zero-order valence-corrected chi connectivity index (χ0v) is 17.2. The van der Waals surface area contributed by atoms with Crippen molar-refractivity contribution in [2.24, 2.45) is 4.99 Å². The molecule has 0 amide bonds. The molecule has 1 aromatic heterocycles. The van der Waals surface area contributed by atoms with Gasteiger partial charge in [0.25, 0.3) is 0 Å². The fourth-order valence-electron chi connectivity index (χ4n) is 2.65. The third kappa shape index (κ3) is 7.19. The van der Waals surface area contributed by atoms with Crippen LogP contribution in [0.1, 0.15) is 24.8 Å². The lowest BCUT2D eigenvalue weighted by atomic mass is 10.1. The van der Waals surface area contributed by atoms with Gasteiger partial charge in [-0.25, -0.2) is 4.39 Å². The number of fused-ring (bicyclic) bond motifs is 1. The van der Waals surface area contributed by atoms with Crippen molar-refractivity contribution >= 4 is 40.8 Å². The number of benzene rings is 1. The van der Waals surface area contributed by atoms with Gasteiger partial charge in [-0.2, -0.15) is 0 Å². The summed E-state index contributed by atoms with van der Waals surface area (Å²) in [6.45, 7) is 2.45. The predicted octanol–water partition coefficient (Wildman–Crippen LogP) is 3.45. The maximum Gasteiger partial charge on any atom is 0.190 e. The number of aliphatic imine (C=N–C) groups is 1. The first-order valence-corrected chi connectivity index (χ1v) is 8.43. The number of rotatable bonds is 9. The van der Waals surface area contributed by atoms with Gasteiger partial charge in [-0.15, -0.1) is 24.0 Å². The van der Waals surface area contributed by atoms with Crippen LogP contribution in [0.5, 0.6) is 0 Å². The highest BCUT2D eigenvalue weighted by Crippen LogP contribution is 2.19. The lowest BCUT2D eigenvalue weighted by Gasteiger charge is -2.11. The number of halogens is 2. The van der Waals surface area contributed by atoms with Crippen LogP contribution in [-0.4, -0.2) is 44.8 Å². The van der Waals surface area contributed by atoms with E-state index in [4.69, 9.17) is 4.74 Å². The molecule has 0 spiro atoms. The molecule has 0 aliphatic rings. The number of hydrogen-bond acceptors (Lipinski definition) is 2. The Hall–Kier alpha value is -1.35. The van der Waals surface area contributed by atoms with Crippen LogP contribution in [0, 0.1) is 5.82 Å². The van der Waals surface area contributed by atoms with Gasteiger partial charge >= 0.3 is 0 Å². The van der Waals surface area contributed by atoms with Gasteiger partial charge in [0, 0.05) is 51.0 Å². The van der Waals surface area contributed by atoms with Gasteiger partial charge in [-0.3, -0.25) is 4.99 Å². The number of guanidine groups is 1. The van der Waals surface area contributed by atoms with E-state index in [2.05, 4.69) is 20.6 Å². The van der Waals surface area contributed by atoms with Gasteiger partial charge in [0.1, 0.15) is 5.82 Å². The van der Waals surface area contributed by atoms with Crippen LogP contribution in [0.15, 0.2) is 29.4 Å². The summed E-state index contributed by atoms with van der Waals surface area (Å²) in [7, 11) is 3.49. The topological polar surface area (TPSA) is 61.4 Å². The van der Waals surface area contributed by atoms with Crippen LogP contribution in [0.4, 0.5) is 4.39 Å². The molecule has 0 saturated heterocycles. The Bertz CT molecular complexity index is 660. The zero-order chi connectivity index (χ0) is 17.2. The van der Waals surface area contributed by atoms with Crippen molar-refractivity contribution in [2.45, 2.75) is 25.7 Å². The molecule has 0 unspecified atom stereocenters. The Morgan fingerprint density at radius 3 is 2.76 bits per heavy atom. The first-order chi connectivity index (χ1) is 11.7. The molecule has 1 aromatic carbocycles. The minimum atomic E-state index is -0.206. The Morgan fingerprint density at radius 1 is 1.20 bits per heavy atom. The highest BCUT2D eigenvalue weighted by molar-refractivity contribution is 14.0. The molecule has 3 N–H and O–H groups in total. The molecule has 0 radical (unpaired) electrons. The van der Waals surface area contributed by atoms with Crippen LogP contribution in [0.25, 0.3) is 10.9 Å². The number of unbranched alkanes of at least 4 members (excludes halogenated alkanes) is 2. The Balaban J connectivity index is 0.00000312. The molecule has 1 heterocycles. The van der Waals surface area contributed by atoms with Crippen molar-refractivity contribution in [1.29, 1.82) is 0 Å². The van der Waals surface area contributed by atoms with Crippen molar-refractivity contribution < 1.29 is 9.13 Å². The highest BCUT2D eigenvalue weighted by Gasteiger charge is 2.05. The number of aromatic amines is 1. The Kier molecular flexibility index (Phi) is 10.5. The molecule has 140 valence electrons. The molecule has 0 atom stereocenters. The average molecular weight is 462 g/mol. The zero-order valence-electron chi connectivity index (χ0n) is 14.9. The van der Waals surface area contributed by atoms with Crippen LogP contribution >= 0.6 is 24.0 Å². The SMILES string of the molecule is CN=C(NCCCCCOC)NCCc1c[nH]c2ccc(F)cc12.I. The van der Waals surface area contributed by atoms with Gasteiger partial charge in [0.15, 0.2) is 5.96 Å². The average Bonchev–Trinajstić information content (AvgIpc) is 2.98. The first-order valence-electron chi connectivity index (χ1n) is 8.43. The maximum absolute atomic E-state index is 13.4. The molecule has 0 saturated carbocycles. The molecule has 0 bridgehead atoms. The lowest BCUT2D eigenvalue weighted by molar-refractivity contribution is 0.192. The maximum atomic E-state index is 13.4. The quantitative estimate of drug-likeness (QED) is 0.232. The summed E-state index contributed by atoms with van der Waals surface area (Å²) in [5.41, 5.74) is 2.07. The van der Waals surface area contributed by atoms with Gasteiger partial charge in [0.05, 0.1) is 0 Å². The van der Waals surface area contributed by atoms with Crippen molar-refractivity contribution in [3.8, 4) is 0 Å². The number of H-pyrrole nitrogens is 1. The molecular formula is C18H28FIN4O. The summed E-state index contributed by atoms with van der Waals surface area (Å²) in [6.07, 6.45) is 6.06. The van der Waals surface area contributed by atoms with Crippen LogP contribution in [-0.2, 0) is 11.2 Å². The summed E-state index contributed by atoms with van der Waals surface area (Å²) >= 11 is 0. The molecule has 25 heavy (non-hydrogen) atoms. The molecule has 2 rings (SSSR count). The number of hydrogen-bond donors (Lipinski definition) is 3. The summed E-state index contributed by atoms with van der Waals surface area (Å²) < 4.78 is 18.4. The summed E-state index contributed by atoms with van der Waals surface area (Å²) in [6, 6.07) is 4.82. The van der Waals surface area contributed by atoms with Gasteiger partial charge in [-0.1, -0.05) is 0 Å². The van der Waals surface area contributed by atoms with E-state index in [0.29, 0.717) is 0 Å². The third-order valence-corrected chi connectivity index (χ3v) is 3.96. The van der Waals surface area contributed by atoms with E-state index in [1.165, 1.54) is 6.07 Å². The number of aromatic nitrogens is 1. The normalized spacial score (nSPS) is 11.4. The van der Waals surface area contributed by atoms with Crippen molar-refractivity contribution in [2.75, 3.05) is 33.9 Å². The van der Waals surface area contributed by atoms with Crippen LogP contribution < -0.4 is 10.6 Å². The summed E-state index contributed by atoms with van der Waals surface area (Å²) in [4.78, 5) is 7.39. The molecule has 0 aliphatic heterocycles. The van der Waals surface area contributed by atoms with E-state index < -0.39 is 0 Å². The van der Waals surface area contributed by atoms with Crippen LogP contribution in [0.2, 0.25) is 0 Å². The smallest absolute Gasteiger partial charge is 0.190 e. The molecule has 5 nitrogen and oxygen atoms in total. The first kappa shape index (κ1) is 21.7. The highest BCUT2D eigenvalue weighted by atomic mass is 127. The van der Waals surface area contributed by atoms with Crippen molar-refractivity contribution in [3.63, 3.8) is 0 Å². The monoisotopic (exact) mass is 462 g/mol. The minimum Gasteiger partial charge on any atom is -0.385 e. The van der Waals surface area contributed by atoms with Crippen molar-refractivity contribution in [3.05, 3.63) is 35.8 Å². The fourth-order valence-corrected chi connectivity index (χ4v) is 2.65. The molecule has 0 fully saturated rings. The molecule has 7 heteroatoms. The van der Waals surface area contributed by atoms with Crippen molar-refractivity contribution in [1.82, 2.24) is 15.6 Å². The molecule has 2 aromatic rings. The predicted molar refractivity (Wildman–Crippen MR) is 112 cm³/mol. The minimum absolute atomic E-state index is 0. The number of nitrogens with one attached hydrogen (secondary N) is 3. The summed E-state index contributed by atoms with van der Waals surface area (Å²) in [5, 5.41) is 7.54. The van der Waals surface area contributed by atoms with E-state index in [0.717, 1.165) is 67.8 Å². The fraction of sp³-hybridized carbons (Fsp3) is 0.500. The second-order valence-electron chi connectivity index (χ2n) is 5.73.